The van der Waals surface area contributed by atoms with Crippen LogP contribution < -0.4 is 5.73 Å². The zero-order chi connectivity index (χ0) is 10.8. The van der Waals surface area contributed by atoms with E-state index in [4.69, 9.17) is 5.73 Å². The Morgan fingerprint density at radius 3 is 2.43 bits per heavy atom. The molecular weight excluding hydrogens is 170 g/mol. The Labute approximate surface area is 87.3 Å². The molecule has 0 spiro atoms. The smallest absolute Gasteiger partial charge is 0.0292 e. The Morgan fingerprint density at radius 1 is 1.29 bits per heavy atom. The van der Waals surface area contributed by atoms with Gasteiger partial charge in [-0.3, -0.25) is 0 Å². The molecule has 1 aromatic rings. The first kappa shape index (κ1) is 11.3. The van der Waals surface area contributed by atoms with Crippen molar-refractivity contribution < 1.29 is 0 Å². The van der Waals surface area contributed by atoms with Crippen LogP contribution in [-0.4, -0.2) is 0 Å². The number of benzene rings is 1. The normalized spacial score (nSPS) is 14.1. The van der Waals surface area contributed by atoms with Crippen LogP contribution in [0.1, 0.15) is 51.3 Å². The van der Waals surface area contributed by atoms with E-state index in [0.29, 0.717) is 0 Å². The third-order valence-electron chi connectivity index (χ3n) is 2.62. The highest BCUT2D eigenvalue weighted by Crippen LogP contribution is 2.25. The summed E-state index contributed by atoms with van der Waals surface area (Å²) in [6.45, 7) is 8.80. The molecule has 0 radical (unpaired) electrons. The lowest BCUT2D eigenvalue weighted by Crippen LogP contribution is -2.14. The fraction of sp³-hybridized carbons (Fsp3) is 0.538. The van der Waals surface area contributed by atoms with E-state index in [9.17, 15) is 0 Å². The predicted octanol–water partition coefficient (Wildman–Crippen LogP) is 3.39. The molecule has 0 aliphatic rings. The minimum atomic E-state index is 0.178. The number of hydrogen-bond donors (Lipinski definition) is 1. The summed E-state index contributed by atoms with van der Waals surface area (Å²) >= 11 is 0. The predicted molar refractivity (Wildman–Crippen MR) is 62.4 cm³/mol. The van der Waals surface area contributed by atoms with E-state index in [1.807, 2.05) is 0 Å². The summed E-state index contributed by atoms with van der Waals surface area (Å²) in [4.78, 5) is 0. The Bertz CT molecular complexity index is 296. The van der Waals surface area contributed by atoms with E-state index >= 15 is 0 Å². The second kappa shape index (κ2) is 4.14. The maximum absolute atomic E-state index is 6.01. The van der Waals surface area contributed by atoms with Crippen LogP contribution >= 0.6 is 0 Å². The van der Waals surface area contributed by atoms with Gasteiger partial charge in [0.1, 0.15) is 0 Å². The van der Waals surface area contributed by atoms with Crippen LogP contribution in [0.3, 0.4) is 0 Å². The molecular formula is C13H21N. The van der Waals surface area contributed by atoms with E-state index in [0.717, 1.165) is 6.42 Å². The number of rotatable bonds is 2. The van der Waals surface area contributed by atoms with E-state index in [1.54, 1.807) is 0 Å². The van der Waals surface area contributed by atoms with Crippen molar-refractivity contribution in [3.8, 4) is 0 Å². The molecule has 1 aromatic carbocycles. The minimum Gasteiger partial charge on any atom is -0.324 e. The average molecular weight is 191 g/mol. The fourth-order valence-electron chi connectivity index (χ4n) is 1.47. The van der Waals surface area contributed by atoms with E-state index in [-0.39, 0.29) is 11.5 Å². The van der Waals surface area contributed by atoms with Gasteiger partial charge in [0.25, 0.3) is 0 Å². The lowest BCUT2D eigenvalue weighted by atomic mass is 9.85. The zero-order valence-corrected chi connectivity index (χ0v) is 9.67. The van der Waals surface area contributed by atoms with Crippen LogP contribution in [0.2, 0.25) is 0 Å². The molecule has 1 rings (SSSR count). The quantitative estimate of drug-likeness (QED) is 0.762. The molecule has 2 N–H and O–H groups in total. The van der Waals surface area contributed by atoms with Gasteiger partial charge >= 0.3 is 0 Å². The van der Waals surface area contributed by atoms with Gasteiger partial charge in [0.05, 0.1) is 0 Å². The molecule has 0 fully saturated rings. The third kappa shape index (κ3) is 2.58. The summed E-state index contributed by atoms with van der Waals surface area (Å²) in [7, 11) is 0. The zero-order valence-electron chi connectivity index (χ0n) is 9.67. The number of nitrogens with two attached hydrogens (primary N) is 1. The molecule has 14 heavy (non-hydrogen) atoms. The number of hydrogen-bond acceptors (Lipinski definition) is 1. The maximum atomic E-state index is 6.01. The Hall–Kier alpha value is -0.820. The van der Waals surface area contributed by atoms with Crippen LogP contribution in [-0.2, 0) is 5.41 Å². The van der Waals surface area contributed by atoms with Gasteiger partial charge in [-0.2, -0.15) is 0 Å². The van der Waals surface area contributed by atoms with Crippen molar-refractivity contribution in [2.45, 2.75) is 45.6 Å². The van der Waals surface area contributed by atoms with Gasteiger partial charge in [-0.05, 0) is 23.0 Å². The highest BCUT2D eigenvalue weighted by Gasteiger charge is 2.14. The molecule has 0 amide bonds. The largest absolute Gasteiger partial charge is 0.324 e. The monoisotopic (exact) mass is 191 g/mol. The lowest BCUT2D eigenvalue weighted by molar-refractivity contribution is 0.586. The van der Waals surface area contributed by atoms with Crippen molar-refractivity contribution in [3.63, 3.8) is 0 Å². The first-order valence-electron chi connectivity index (χ1n) is 5.31. The topological polar surface area (TPSA) is 26.0 Å². The van der Waals surface area contributed by atoms with Crippen molar-refractivity contribution in [1.82, 2.24) is 0 Å². The van der Waals surface area contributed by atoms with Gasteiger partial charge in [-0.15, -0.1) is 0 Å². The SMILES string of the molecule is CC[C@H](N)c1cccc(C(C)(C)C)c1. The van der Waals surface area contributed by atoms with Gasteiger partial charge in [-0.25, -0.2) is 0 Å². The van der Waals surface area contributed by atoms with Crippen LogP contribution in [0.15, 0.2) is 24.3 Å². The van der Waals surface area contributed by atoms with Crippen LogP contribution in [0.5, 0.6) is 0 Å². The molecule has 0 heterocycles. The average Bonchev–Trinajstić information content (AvgIpc) is 2.15. The first-order chi connectivity index (χ1) is 6.45. The molecule has 0 aromatic heterocycles. The molecule has 78 valence electrons. The molecule has 0 saturated carbocycles. The van der Waals surface area contributed by atoms with Crippen molar-refractivity contribution in [2.24, 2.45) is 5.73 Å². The van der Waals surface area contributed by atoms with Crippen molar-refractivity contribution in [3.05, 3.63) is 35.4 Å². The van der Waals surface area contributed by atoms with Gasteiger partial charge in [-0.1, -0.05) is 52.0 Å². The Kier molecular flexibility index (Phi) is 3.33. The molecule has 0 unspecified atom stereocenters. The molecule has 0 aliphatic heterocycles. The second-order valence-electron chi connectivity index (χ2n) is 4.89. The summed E-state index contributed by atoms with van der Waals surface area (Å²) in [5.41, 5.74) is 8.83. The summed E-state index contributed by atoms with van der Waals surface area (Å²) in [6.07, 6.45) is 0.994. The minimum absolute atomic E-state index is 0.178. The van der Waals surface area contributed by atoms with Crippen molar-refractivity contribution >= 4 is 0 Å². The maximum Gasteiger partial charge on any atom is 0.0292 e. The van der Waals surface area contributed by atoms with Gasteiger partial charge in [0.15, 0.2) is 0 Å². The fourth-order valence-corrected chi connectivity index (χ4v) is 1.47. The second-order valence-corrected chi connectivity index (χ2v) is 4.89. The highest BCUT2D eigenvalue weighted by molar-refractivity contribution is 5.30. The Morgan fingerprint density at radius 2 is 1.93 bits per heavy atom. The van der Waals surface area contributed by atoms with Gasteiger partial charge in [0, 0.05) is 6.04 Å². The summed E-state index contributed by atoms with van der Waals surface area (Å²) < 4.78 is 0. The van der Waals surface area contributed by atoms with Crippen molar-refractivity contribution in [1.29, 1.82) is 0 Å². The molecule has 0 saturated heterocycles. The standard InChI is InChI=1S/C13H21N/c1-5-12(14)10-7-6-8-11(9-10)13(2,3)4/h6-9,12H,5,14H2,1-4H3/t12-/m0/s1. The third-order valence-corrected chi connectivity index (χ3v) is 2.62. The van der Waals surface area contributed by atoms with E-state index in [2.05, 4.69) is 52.0 Å². The van der Waals surface area contributed by atoms with E-state index in [1.165, 1.54) is 11.1 Å². The van der Waals surface area contributed by atoms with E-state index < -0.39 is 0 Å². The molecule has 1 nitrogen and oxygen atoms in total. The van der Waals surface area contributed by atoms with Crippen LogP contribution in [0.4, 0.5) is 0 Å². The van der Waals surface area contributed by atoms with Crippen molar-refractivity contribution in [2.75, 3.05) is 0 Å². The highest BCUT2D eigenvalue weighted by atomic mass is 14.6. The first-order valence-corrected chi connectivity index (χ1v) is 5.31. The van der Waals surface area contributed by atoms with Crippen LogP contribution in [0.25, 0.3) is 0 Å². The summed E-state index contributed by atoms with van der Waals surface area (Å²) in [6, 6.07) is 8.80. The van der Waals surface area contributed by atoms with Gasteiger partial charge < -0.3 is 5.73 Å². The van der Waals surface area contributed by atoms with Gasteiger partial charge in [0.2, 0.25) is 0 Å². The summed E-state index contributed by atoms with van der Waals surface area (Å²) in [5.74, 6) is 0. The lowest BCUT2D eigenvalue weighted by Gasteiger charge is -2.21. The van der Waals surface area contributed by atoms with Crippen LogP contribution in [0, 0.1) is 0 Å². The Balaban J connectivity index is 3.01. The molecule has 0 bridgehead atoms. The summed E-state index contributed by atoms with van der Waals surface area (Å²) in [5, 5.41) is 0. The molecule has 1 heteroatoms. The molecule has 1 atom stereocenters. The molecule has 0 aliphatic carbocycles.